The van der Waals surface area contributed by atoms with Crippen molar-refractivity contribution in [1.82, 2.24) is 0 Å². The minimum absolute atomic E-state index is 0.0891. The Morgan fingerprint density at radius 1 is 1.14 bits per heavy atom. The predicted octanol–water partition coefficient (Wildman–Crippen LogP) is 6.43. The minimum atomic E-state index is -0.266. The van der Waals surface area contributed by atoms with Gasteiger partial charge in [-0.2, -0.15) is 0 Å². The lowest BCUT2D eigenvalue weighted by atomic mass is 9.89. The molecule has 2 aliphatic rings. The van der Waals surface area contributed by atoms with Gasteiger partial charge in [-0.05, 0) is 57.9 Å². The monoisotopic (exact) mass is 420 g/mol. The van der Waals surface area contributed by atoms with E-state index in [-0.39, 0.29) is 12.1 Å². The summed E-state index contributed by atoms with van der Waals surface area (Å²) in [7, 11) is 0. The van der Waals surface area contributed by atoms with Crippen molar-refractivity contribution in [2.75, 3.05) is 19.6 Å². The summed E-state index contributed by atoms with van der Waals surface area (Å²) >= 11 is 7.92. The molecule has 1 aromatic heterocycles. The van der Waals surface area contributed by atoms with Gasteiger partial charge in [0.2, 0.25) is 0 Å². The molecule has 2 aromatic rings. The van der Waals surface area contributed by atoms with Crippen molar-refractivity contribution in [1.29, 1.82) is 0 Å². The maximum atomic E-state index is 12.9. The largest absolute Gasteiger partial charge is 0.452 e. The minimum Gasteiger partial charge on any atom is -0.452 e. The Labute approximate surface area is 177 Å². The number of carbonyl (C=O) groups is 1. The van der Waals surface area contributed by atoms with Gasteiger partial charge in [-0.25, -0.2) is 4.79 Å². The van der Waals surface area contributed by atoms with Crippen molar-refractivity contribution in [3.63, 3.8) is 0 Å². The highest BCUT2D eigenvalue weighted by molar-refractivity contribution is 7.21. The molecule has 1 unspecified atom stereocenters. The fourth-order valence-corrected chi connectivity index (χ4v) is 6.79. The van der Waals surface area contributed by atoms with E-state index >= 15 is 0 Å². The topological polar surface area (TPSA) is 26.3 Å². The zero-order valence-corrected chi connectivity index (χ0v) is 18.4. The number of halogens is 1. The van der Waals surface area contributed by atoms with Crippen molar-refractivity contribution in [2.45, 2.75) is 70.4 Å². The summed E-state index contributed by atoms with van der Waals surface area (Å²) in [5.74, 6) is -0.266. The molecule has 0 N–H and O–H groups in total. The maximum absolute atomic E-state index is 12.9. The average Bonchev–Trinajstić information content (AvgIpc) is 3.06. The molecule has 0 bridgehead atoms. The van der Waals surface area contributed by atoms with E-state index in [2.05, 4.69) is 6.92 Å². The van der Waals surface area contributed by atoms with Gasteiger partial charge in [-0.15, -0.1) is 11.3 Å². The molecule has 0 spiro atoms. The highest BCUT2D eigenvalue weighted by atomic mass is 35.5. The number of carbonyl (C=O) groups excluding carboxylic acids is 1. The standard InChI is InChI=1S/C23H31ClNO2S/c1-17(16-25(14-8-3-9-15-25)18-10-4-2-5-11-18)27-23(26)22-21(24)19-12-6-7-13-20(19)28-22/h6-7,12-13,17-18H,2-5,8-11,14-16H2,1H3/q+1. The van der Waals surface area contributed by atoms with Crippen molar-refractivity contribution in [3.05, 3.63) is 34.2 Å². The van der Waals surface area contributed by atoms with E-state index < -0.39 is 0 Å². The number of rotatable bonds is 5. The second-order valence-electron chi connectivity index (χ2n) is 8.66. The first kappa shape index (κ1) is 20.2. The van der Waals surface area contributed by atoms with Gasteiger partial charge in [0.25, 0.3) is 0 Å². The van der Waals surface area contributed by atoms with Crippen LogP contribution in [0.1, 0.15) is 68.0 Å². The van der Waals surface area contributed by atoms with Crippen molar-refractivity contribution >= 4 is 39.0 Å². The molecule has 1 saturated carbocycles. The molecule has 28 heavy (non-hydrogen) atoms. The van der Waals surface area contributed by atoms with E-state index in [9.17, 15) is 4.79 Å². The maximum Gasteiger partial charge on any atom is 0.350 e. The van der Waals surface area contributed by atoms with Gasteiger partial charge >= 0.3 is 5.97 Å². The molecular formula is C23H31ClNO2S+. The molecule has 152 valence electrons. The number of thiophene rings is 1. The summed E-state index contributed by atoms with van der Waals surface area (Å²) < 4.78 is 8.13. The molecule has 0 amide bonds. The normalized spacial score (nSPS) is 21.5. The quantitative estimate of drug-likeness (QED) is 0.411. The van der Waals surface area contributed by atoms with Gasteiger partial charge in [-0.3, -0.25) is 0 Å². The van der Waals surface area contributed by atoms with Crippen LogP contribution < -0.4 is 0 Å². The molecule has 3 nitrogen and oxygen atoms in total. The third-order valence-corrected chi connectivity index (χ3v) is 8.36. The average molecular weight is 421 g/mol. The number of likely N-dealkylation sites (tertiary alicyclic amines) is 1. The first-order valence-corrected chi connectivity index (χ1v) is 12.0. The van der Waals surface area contributed by atoms with Crippen LogP contribution in [0.25, 0.3) is 10.1 Å². The summed E-state index contributed by atoms with van der Waals surface area (Å²) in [6.07, 6.45) is 10.6. The number of esters is 1. The Bertz CT molecular complexity index is 821. The van der Waals surface area contributed by atoms with Crippen LogP contribution in [-0.4, -0.2) is 42.2 Å². The van der Waals surface area contributed by atoms with Crippen LogP contribution in [0.15, 0.2) is 24.3 Å². The second-order valence-corrected chi connectivity index (χ2v) is 10.1. The Morgan fingerprint density at radius 3 is 2.54 bits per heavy atom. The number of fused-ring (bicyclic) bond motifs is 1. The lowest BCUT2D eigenvalue weighted by Crippen LogP contribution is -2.61. The third kappa shape index (κ3) is 4.10. The number of ether oxygens (including phenoxy) is 1. The molecule has 1 aliphatic heterocycles. The summed E-state index contributed by atoms with van der Waals surface area (Å²) in [5, 5.41) is 1.47. The number of hydrogen-bond donors (Lipinski definition) is 0. The predicted molar refractivity (Wildman–Crippen MR) is 117 cm³/mol. The molecule has 2 heterocycles. The number of quaternary nitrogens is 1. The Morgan fingerprint density at radius 2 is 1.82 bits per heavy atom. The van der Waals surface area contributed by atoms with Crippen LogP contribution in [0.4, 0.5) is 0 Å². The van der Waals surface area contributed by atoms with E-state index in [0.29, 0.717) is 9.90 Å². The first-order chi connectivity index (χ1) is 13.6. The van der Waals surface area contributed by atoms with Crippen LogP contribution in [0, 0.1) is 0 Å². The Hall–Kier alpha value is -1.10. The van der Waals surface area contributed by atoms with E-state index in [1.807, 2.05) is 24.3 Å². The molecule has 0 radical (unpaired) electrons. The van der Waals surface area contributed by atoms with E-state index in [4.69, 9.17) is 16.3 Å². The molecule has 5 heteroatoms. The van der Waals surface area contributed by atoms with Crippen LogP contribution in [-0.2, 0) is 4.74 Å². The van der Waals surface area contributed by atoms with Crippen LogP contribution >= 0.6 is 22.9 Å². The molecule has 1 atom stereocenters. The fourth-order valence-electron chi connectivity index (χ4n) is 5.40. The highest BCUT2D eigenvalue weighted by Gasteiger charge is 2.40. The number of hydrogen-bond acceptors (Lipinski definition) is 3. The van der Waals surface area contributed by atoms with Gasteiger partial charge in [0.1, 0.15) is 17.5 Å². The molecular weight excluding hydrogens is 390 g/mol. The molecule has 2 fully saturated rings. The summed E-state index contributed by atoms with van der Waals surface area (Å²) in [6.45, 7) is 5.50. The first-order valence-electron chi connectivity index (χ1n) is 10.8. The zero-order valence-electron chi connectivity index (χ0n) is 16.8. The van der Waals surface area contributed by atoms with Gasteiger partial charge < -0.3 is 9.22 Å². The van der Waals surface area contributed by atoms with Crippen molar-refractivity contribution in [3.8, 4) is 0 Å². The van der Waals surface area contributed by atoms with Gasteiger partial charge in [0.15, 0.2) is 0 Å². The van der Waals surface area contributed by atoms with Gasteiger partial charge in [-0.1, -0.05) is 36.2 Å². The van der Waals surface area contributed by atoms with Crippen molar-refractivity contribution < 1.29 is 14.0 Å². The number of benzene rings is 1. The Balaban J connectivity index is 1.47. The van der Waals surface area contributed by atoms with E-state index in [1.165, 1.54) is 75.8 Å². The second kappa shape index (κ2) is 8.73. The van der Waals surface area contributed by atoms with Crippen molar-refractivity contribution in [2.24, 2.45) is 0 Å². The molecule has 1 saturated heterocycles. The summed E-state index contributed by atoms with van der Waals surface area (Å²) in [6, 6.07) is 8.64. The van der Waals surface area contributed by atoms with E-state index in [1.54, 1.807) is 0 Å². The molecule has 4 rings (SSSR count). The lowest BCUT2D eigenvalue weighted by molar-refractivity contribution is -0.958. The van der Waals surface area contributed by atoms with Crippen LogP contribution in [0.3, 0.4) is 0 Å². The summed E-state index contributed by atoms with van der Waals surface area (Å²) in [5.41, 5.74) is 0. The zero-order chi connectivity index (χ0) is 19.6. The van der Waals surface area contributed by atoms with Crippen LogP contribution in [0.2, 0.25) is 5.02 Å². The lowest BCUT2D eigenvalue weighted by Gasteiger charge is -2.49. The van der Waals surface area contributed by atoms with Crippen LogP contribution in [0.5, 0.6) is 0 Å². The van der Waals surface area contributed by atoms with Gasteiger partial charge in [0, 0.05) is 10.1 Å². The Kier molecular flexibility index (Phi) is 6.29. The SMILES string of the molecule is CC(C[N+]1(C2CCCCC2)CCCCC1)OC(=O)c1sc2ccccc2c1Cl. The fraction of sp³-hybridized carbons (Fsp3) is 0.609. The number of nitrogens with zero attached hydrogens (tertiary/aromatic N) is 1. The molecule has 1 aromatic carbocycles. The summed E-state index contributed by atoms with van der Waals surface area (Å²) in [4.78, 5) is 13.4. The molecule has 1 aliphatic carbocycles. The number of piperidine rings is 1. The van der Waals surface area contributed by atoms with E-state index in [0.717, 1.165) is 27.2 Å². The smallest absolute Gasteiger partial charge is 0.350 e. The highest BCUT2D eigenvalue weighted by Crippen LogP contribution is 2.36. The van der Waals surface area contributed by atoms with Gasteiger partial charge in [0.05, 0.1) is 24.2 Å². The third-order valence-electron chi connectivity index (χ3n) is 6.71.